The number of hydrogen-bond acceptors (Lipinski definition) is 2. The van der Waals surface area contributed by atoms with Gasteiger partial charge in [0, 0.05) is 22.4 Å². The highest BCUT2D eigenvalue weighted by Gasteiger charge is 2.39. The van der Waals surface area contributed by atoms with E-state index >= 15 is 0 Å². The van der Waals surface area contributed by atoms with E-state index in [0.717, 1.165) is 35.1 Å². The molecule has 0 aromatic heterocycles. The maximum absolute atomic E-state index is 12.6. The fourth-order valence-electron chi connectivity index (χ4n) is 2.69. The molecule has 2 rings (SSSR count). The van der Waals surface area contributed by atoms with E-state index in [1.807, 2.05) is 17.0 Å². The fraction of sp³-hybridized carbons (Fsp3) is 0.533. The Morgan fingerprint density at radius 1 is 1.42 bits per heavy atom. The minimum Gasteiger partial charge on any atom is -0.398 e. The summed E-state index contributed by atoms with van der Waals surface area (Å²) in [5.74, 6) is 0.480. The summed E-state index contributed by atoms with van der Waals surface area (Å²) in [5, 5.41) is 0. The summed E-state index contributed by atoms with van der Waals surface area (Å²) < 4.78 is 0.877. The number of carbonyl (C=O) groups excluding carboxylic acids is 1. The summed E-state index contributed by atoms with van der Waals surface area (Å²) in [7, 11) is 0. The van der Waals surface area contributed by atoms with Crippen LogP contribution in [0.5, 0.6) is 0 Å². The van der Waals surface area contributed by atoms with Crippen molar-refractivity contribution in [2.45, 2.75) is 39.5 Å². The van der Waals surface area contributed by atoms with Crippen molar-refractivity contribution in [1.82, 2.24) is 0 Å². The van der Waals surface area contributed by atoms with E-state index in [1.54, 1.807) is 0 Å². The van der Waals surface area contributed by atoms with Crippen LogP contribution in [0.15, 0.2) is 16.6 Å². The summed E-state index contributed by atoms with van der Waals surface area (Å²) in [4.78, 5) is 14.5. The van der Waals surface area contributed by atoms with Crippen molar-refractivity contribution >= 4 is 33.2 Å². The molecule has 0 fully saturated rings. The third kappa shape index (κ3) is 2.50. The third-order valence-corrected chi connectivity index (χ3v) is 4.39. The standard InChI is InChI=1S/C15H21BrN2O/c1-4-5-6-18-13-8-12(17)11(16)7-10(13)14(9(2)3)15(18)19/h7-9,14H,4-6,17H2,1-3H3. The second-order valence-corrected chi connectivity index (χ2v) is 6.35. The smallest absolute Gasteiger partial charge is 0.234 e. The van der Waals surface area contributed by atoms with Crippen LogP contribution in [0.1, 0.15) is 45.1 Å². The van der Waals surface area contributed by atoms with E-state index in [0.29, 0.717) is 11.6 Å². The number of nitrogen functional groups attached to an aromatic ring is 1. The van der Waals surface area contributed by atoms with E-state index in [-0.39, 0.29) is 11.8 Å². The number of hydrogen-bond donors (Lipinski definition) is 1. The largest absolute Gasteiger partial charge is 0.398 e. The van der Waals surface area contributed by atoms with Crippen molar-refractivity contribution in [3.05, 3.63) is 22.2 Å². The minimum absolute atomic E-state index is 0.0382. The zero-order valence-electron chi connectivity index (χ0n) is 11.7. The zero-order chi connectivity index (χ0) is 14.2. The summed E-state index contributed by atoms with van der Waals surface area (Å²) in [5.41, 5.74) is 8.76. The lowest BCUT2D eigenvalue weighted by Crippen LogP contribution is -2.31. The van der Waals surface area contributed by atoms with Gasteiger partial charge in [-0.1, -0.05) is 27.2 Å². The van der Waals surface area contributed by atoms with Crippen LogP contribution in [-0.4, -0.2) is 12.5 Å². The topological polar surface area (TPSA) is 46.3 Å². The van der Waals surface area contributed by atoms with Gasteiger partial charge in [0.25, 0.3) is 0 Å². The Kier molecular flexibility index (Phi) is 4.19. The Morgan fingerprint density at radius 2 is 2.11 bits per heavy atom. The molecule has 1 aromatic rings. The average Bonchev–Trinajstić information content (AvgIpc) is 2.59. The van der Waals surface area contributed by atoms with Gasteiger partial charge in [0.2, 0.25) is 5.91 Å². The molecule has 0 aliphatic carbocycles. The Bertz CT molecular complexity index is 499. The lowest BCUT2D eigenvalue weighted by Gasteiger charge is -2.18. The molecule has 0 bridgehead atoms. The van der Waals surface area contributed by atoms with Gasteiger partial charge in [0.05, 0.1) is 5.92 Å². The van der Waals surface area contributed by atoms with E-state index in [2.05, 4.69) is 36.7 Å². The molecule has 1 unspecified atom stereocenters. The zero-order valence-corrected chi connectivity index (χ0v) is 13.3. The first-order valence-corrected chi connectivity index (χ1v) is 7.67. The number of nitrogens with zero attached hydrogens (tertiary/aromatic N) is 1. The molecule has 3 nitrogen and oxygen atoms in total. The first-order chi connectivity index (χ1) is 8.97. The van der Waals surface area contributed by atoms with Crippen molar-refractivity contribution < 1.29 is 4.79 Å². The summed E-state index contributed by atoms with van der Waals surface area (Å²) >= 11 is 3.46. The van der Waals surface area contributed by atoms with Gasteiger partial charge in [-0.05, 0) is 46.0 Å². The molecule has 0 radical (unpaired) electrons. The number of fused-ring (bicyclic) bond motifs is 1. The van der Waals surface area contributed by atoms with E-state index in [9.17, 15) is 4.79 Å². The van der Waals surface area contributed by atoms with Crippen molar-refractivity contribution in [2.75, 3.05) is 17.2 Å². The molecule has 0 saturated heterocycles. The molecule has 2 N–H and O–H groups in total. The number of halogens is 1. The third-order valence-electron chi connectivity index (χ3n) is 3.71. The molecule has 4 heteroatoms. The molecule has 1 aliphatic heterocycles. The predicted molar refractivity (Wildman–Crippen MR) is 83.4 cm³/mol. The Morgan fingerprint density at radius 3 is 2.68 bits per heavy atom. The van der Waals surface area contributed by atoms with Gasteiger partial charge in [0.1, 0.15) is 0 Å². The maximum Gasteiger partial charge on any atom is 0.234 e. The van der Waals surface area contributed by atoms with Gasteiger partial charge in [-0.25, -0.2) is 0 Å². The van der Waals surface area contributed by atoms with E-state index < -0.39 is 0 Å². The number of anilines is 2. The van der Waals surface area contributed by atoms with Crippen LogP contribution < -0.4 is 10.6 Å². The van der Waals surface area contributed by atoms with Gasteiger partial charge in [-0.3, -0.25) is 4.79 Å². The Hall–Kier alpha value is -1.03. The van der Waals surface area contributed by atoms with Crippen molar-refractivity contribution in [3.8, 4) is 0 Å². The predicted octanol–water partition coefficient (Wildman–Crippen LogP) is 3.92. The minimum atomic E-state index is -0.0382. The van der Waals surface area contributed by atoms with Crippen LogP contribution >= 0.6 is 15.9 Å². The maximum atomic E-state index is 12.6. The molecule has 1 atom stereocenters. The van der Waals surface area contributed by atoms with Crippen LogP contribution in [0.25, 0.3) is 0 Å². The van der Waals surface area contributed by atoms with Crippen LogP contribution in [0.2, 0.25) is 0 Å². The van der Waals surface area contributed by atoms with Gasteiger partial charge in [-0.2, -0.15) is 0 Å². The number of unbranched alkanes of at least 4 members (excludes halogenated alkanes) is 1. The normalized spacial score (nSPS) is 18.3. The monoisotopic (exact) mass is 324 g/mol. The summed E-state index contributed by atoms with van der Waals surface area (Å²) in [6.45, 7) is 7.11. The SMILES string of the molecule is CCCCN1C(=O)C(C(C)C)c2cc(Br)c(N)cc21. The Labute approximate surface area is 123 Å². The number of rotatable bonds is 4. The van der Waals surface area contributed by atoms with Crippen LogP contribution in [-0.2, 0) is 4.79 Å². The van der Waals surface area contributed by atoms with E-state index in [4.69, 9.17) is 5.73 Å². The number of amides is 1. The van der Waals surface area contributed by atoms with Crippen molar-refractivity contribution in [1.29, 1.82) is 0 Å². The number of benzene rings is 1. The molecular weight excluding hydrogens is 304 g/mol. The second kappa shape index (κ2) is 5.53. The Balaban J connectivity index is 2.47. The molecule has 0 spiro atoms. The fourth-order valence-corrected chi connectivity index (χ4v) is 3.05. The average molecular weight is 325 g/mol. The summed E-state index contributed by atoms with van der Waals surface area (Å²) in [6, 6.07) is 3.94. The quantitative estimate of drug-likeness (QED) is 0.853. The van der Waals surface area contributed by atoms with Gasteiger partial charge >= 0.3 is 0 Å². The molecule has 0 saturated carbocycles. The number of carbonyl (C=O) groups is 1. The molecule has 1 amide bonds. The highest BCUT2D eigenvalue weighted by Crippen LogP contribution is 2.44. The molecule has 1 heterocycles. The van der Waals surface area contributed by atoms with Crippen LogP contribution in [0.3, 0.4) is 0 Å². The van der Waals surface area contributed by atoms with Crippen LogP contribution in [0, 0.1) is 5.92 Å². The van der Waals surface area contributed by atoms with Gasteiger partial charge in [-0.15, -0.1) is 0 Å². The second-order valence-electron chi connectivity index (χ2n) is 5.50. The van der Waals surface area contributed by atoms with E-state index in [1.165, 1.54) is 0 Å². The molecule has 1 aromatic carbocycles. The summed E-state index contributed by atoms with van der Waals surface area (Å²) in [6.07, 6.45) is 2.10. The molecular formula is C15H21BrN2O. The highest BCUT2D eigenvalue weighted by molar-refractivity contribution is 9.10. The van der Waals surface area contributed by atoms with Crippen molar-refractivity contribution in [3.63, 3.8) is 0 Å². The number of nitrogens with two attached hydrogens (primary N) is 1. The lowest BCUT2D eigenvalue weighted by molar-refractivity contribution is -0.120. The highest BCUT2D eigenvalue weighted by atomic mass is 79.9. The van der Waals surface area contributed by atoms with Gasteiger partial charge < -0.3 is 10.6 Å². The lowest BCUT2D eigenvalue weighted by atomic mass is 9.90. The molecule has 1 aliphatic rings. The molecule has 19 heavy (non-hydrogen) atoms. The van der Waals surface area contributed by atoms with Crippen LogP contribution in [0.4, 0.5) is 11.4 Å². The van der Waals surface area contributed by atoms with Gasteiger partial charge in [0.15, 0.2) is 0 Å². The molecule has 104 valence electrons. The first-order valence-electron chi connectivity index (χ1n) is 6.87. The van der Waals surface area contributed by atoms with Crippen molar-refractivity contribution in [2.24, 2.45) is 5.92 Å². The first kappa shape index (κ1) is 14.4.